The van der Waals surface area contributed by atoms with Crippen LogP contribution in [0.1, 0.15) is 42.6 Å². The van der Waals surface area contributed by atoms with Crippen LogP contribution in [0.15, 0.2) is 39.8 Å². The minimum Gasteiger partial charge on any atom is -0.419 e. The van der Waals surface area contributed by atoms with Crippen molar-refractivity contribution in [2.24, 2.45) is 5.73 Å². The third-order valence-corrected chi connectivity index (χ3v) is 6.74. The van der Waals surface area contributed by atoms with Gasteiger partial charge >= 0.3 is 0 Å². The van der Waals surface area contributed by atoms with Crippen LogP contribution in [0.4, 0.5) is 0 Å². The first-order valence-electron chi connectivity index (χ1n) is 9.53. The number of aryl methyl sites for hydroxylation is 2. The zero-order valence-electron chi connectivity index (χ0n) is 16.8. The summed E-state index contributed by atoms with van der Waals surface area (Å²) in [6.07, 6.45) is 4.09. The molecule has 0 saturated heterocycles. The van der Waals surface area contributed by atoms with Crippen molar-refractivity contribution in [3.8, 4) is 22.8 Å². The molecule has 9 heteroatoms. The maximum absolute atomic E-state index is 12.3. The van der Waals surface area contributed by atoms with E-state index in [4.69, 9.17) is 10.2 Å². The zero-order valence-corrected chi connectivity index (χ0v) is 17.6. The van der Waals surface area contributed by atoms with E-state index >= 15 is 0 Å². The summed E-state index contributed by atoms with van der Waals surface area (Å²) in [7, 11) is -3.32. The predicted octanol–water partition coefficient (Wildman–Crippen LogP) is 3.70. The van der Waals surface area contributed by atoms with Gasteiger partial charge < -0.3 is 10.2 Å². The number of aromatic nitrogens is 4. The van der Waals surface area contributed by atoms with Gasteiger partial charge in [0.25, 0.3) is 5.89 Å². The standard InChI is InChI=1S/C20H25N5O3S.3H2/c1-13(2)29(26,27)16-9-7-15(8-10-16)17-12-22-14(3)19(23-17)20-25-24-18(28-20)6-4-5-11-21;;;/h7-10,12-13H,4-6,11,21H2,1-3H3;3*1H. The molecule has 3 aromatic rings. The van der Waals surface area contributed by atoms with Crippen molar-refractivity contribution < 1.29 is 17.1 Å². The van der Waals surface area contributed by atoms with Gasteiger partial charge in [-0.05, 0) is 52.3 Å². The van der Waals surface area contributed by atoms with E-state index in [1.165, 1.54) is 0 Å². The lowest BCUT2D eigenvalue weighted by Gasteiger charge is -2.09. The minimum absolute atomic E-state index is 0. The smallest absolute Gasteiger partial charge is 0.268 e. The summed E-state index contributed by atoms with van der Waals surface area (Å²) in [5, 5.41) is 7.69. The summed E-state index contributed by atoms with van der Waals surface area (Å²) >= 11 is 0. The molecule has 2 N–H and O–H groups in total. The number of nitrogens with zero attached hydrogens (tertiary/aromatic N) is 4. The van der Waals surface area contributed by atoms with Crippen LogP contribution in [0, 0.1) is 6.92 Å². The Labute approximate surface area is 175 Å². The van der Waals surface area contributed by atoms with Crippen LogP contribution in [-0.4, -0.2) is 40.4 Å². The summed E-state index contributed by atoms with van der Waals surface area (Å²) in [6.45, 7) is 5.78. The lowest BCUT2D eigenvalue weighted by Crippen LogP contribution is -2.13. The molecule has 29 heavy (non-hydrogen) atoms. The predicted molar refractivity (Wildman–Crippen MR) is 116 cm³/mol. The molecule has 0 radical (unpaired) electrons. The highest BCUT2D eigenvalue weighted by Gasteiger charge is 2.19. The van der Waals surface area contributed by atoms with Crippen LogP contribution in [0.5, 0.6) is 0 Å². The Morgan fingerprint density at radius 2 is 1.86 bits per heavy atom. The molecule has 0 aliphatic rings. The summed E-state index contributed by atoms with van der Waals surface area (Å²) in [4.78, 5) is 9.30. The van der Waals surface area contributed by atoms with Gasteiger partial charge in [0.2, 0.25) is 5.89 Å². The van der Waals surface area contributed by atoms with Gasteiger partial charge in [-0.2, -0.15) is 0 Å². The van der Waals surface area contributed by atoms with Crippen molar-refractivity contribution >= 4 is 9.84 Å². The molecular weight excluding hydrogens is 390 g/mol. The average molecular weight is 422 g/mol. The lowest BCUT2D eigenvalue weighted by atomic mass is 10.1. The fourth-order valence-electron chi connectivity index (χ4n) is 2.75. The minimum atomic E-state index is -3.32. The molecule has 0 atom stereocenters. The number of hydrogen-bond acceptors (Lipinski definition) is 8. The van der Waals surface area contributed by atoms with E-state index in [2.05, 4.69) is 20.2 Å². The van der Waals surface area contributed by atoms with Crippen LogP contribution < -0.4 is 5.73 Å². The molecule has 3 rings (SSSR count). The Balaban J connectivity index is 0.00000320. The summed E-state index contributed by atoms with van der Waals surface area (Å²) in [6, 6.07) is 6.64. The highest BCUT2D eigenvalue weighted by Crippen LogP contribution is 2.25. The first kappa shape index (κ1) is 21.1. The van der Waals surface area contributed by atoms with Crippen LogP contribution in [-0.2, 0) is 16.3 Å². The zero-order chi connectivity index (χ0) is 21.0. The van der Waals surface area contributed by atoms with E-state index in [0.717, 1.165) is 18.4 Å². The topological polar surface area (TPSA) is 125 Å². The maximum atomic E-state index is 12.3. The molecule has 2 aromatic heterocycles. The van der Waals surface area contributed by atoms with Crippen molar-refractivity contribution in [2.75, 3.05) is 6.54 Å². The number of hydrogen-bond donors (Lipinski definition) is 1. The molecule has 0 aliphatic carbocycles. The van der Waals surface area contributed by atoms with Gasteiger partial charge in [0, 0.05) is 16.3 Å². The molecule has 0 unspecified atom stereocenters. The van der Waals surface area contributed by atoms with Gasteiger partial charge in [-0.1, -0.05) is 12.1 Å². The number of unbranched alkanes of at least 4 members (excludes halogenated alkanes) is 1. The van der Waals surface area contributed by atoms with Crippen molar-refractivity contribution in [3.05, 3.63) is 42.0 Å². The molecule has 1 aromatic carbocycles. The van der Waals surface area contributed by atoms with Crippen molar-refractivity contribution in [1.29, 1.82) is 0 Å². The van der Waals surface area contributed by atoms with E-state index < -0.39 is 15.1 Å². The first-order chi connectivity index (χ1) is 13.8. The molecule has 0 aliphatic heterocycles. The third kappa shape index (κ3) is 4.68. The summed E-state index contributed by atoms with van der Waals surface area (Å²) < 4.78 is 30.3. The molecule has 0 bridgehead atoms. The Morgan fingerprint density at radius 1 is 1.14 bits per heavy atom. The number of nitrogens with two attached hydrogens (primary N) is 1. The number of rotatable bonds is 8. The SMILES string of the molecule is Cc1ncc(-c2ccc(S(=O)(=O)C(C)C)cc2)nc1-c1nnc(CCCCN)o1.[HH].[HH].[HH]. The van der Waals surface area contributed by atoms with Gasteiger partial charge in [0.05, 0.1) is 27.7 Å². The third-order valence-electron chi connectivity index (χ3n) is 4.57. The van der Waals surface area contributed by atoms with Crippen molar-refractivity contribution in [3.63, 3.8) is 0 Å². The molecule has 0 spiro atoms. The second-order valence-corrected chi connectivity index (χ2v) is 9.56. The second-order valence-electron chi connectivity index (χ2n) is 7.05. The quantitative estimate of drug-likeness (QED) is 0.546. The Hall–Kier alpha value is -2.65. The molecule has 160 valence electrons. The highest BCUT2D eigenvalue weighted by molar-refractivity contribution is 7.92. The number of sulfone groups is 1. The van der Waals surface area contributed by atoms with E-state index in [1.54, 1.807) is 44.3 Å². The second kappa shape index (κ2) is 8.79. The fraction of sp³-hybridized carbons (Fsp3) is 0.400. The van der Waals surface area contributed by atoms with Crippen molar-refractivity contribution in [1.82, 2.24) is 20.2 Å². The van der Waals surface area contributed by atoms with Crippen LogP contribution in [0.3, 0.4) is 0 Å². The van der Waals surface area contributed by atoms with Crippen LogP contribution in [0.25, 0.3) is 22.8 Å². The normalized spacial score (nSPS) is 11.9. The van der Waals surface area contributed by atoms with Gasteiger partial charge in [-0.15, -0.1) is 10.2 Å². The van der Waals surface area contributed by atoms with E-state index in [9.17, 15) is 8.42 Å². The summed E-state index contributed by atoms with van der Waals surface area (Å²) in [5.41, 5.74) is 8.05. The van der Waals surface area contributed by atoms with E-state index in [-0.39, 0.29) is 9.18 Å². The Bertz CT molecular complexity index is 1090. The monoisotopic (exact) mass is 421 g/mol. The number of benzene rings is 1. The molecular formula is C20H31N5O3S. The molecule has 0 amide bonds. The maximum Gasteiger partial charge on any atom is 0.268 e. The van der Waals surface area contributed by atoms with Crippen LogP contribution in [0.2, 0.25) is 0 Å². The van der Waals surface area contributed by atoms with Gasteiger partial charge in [0.15, 0.2) is 9.84 Å². The first-order valence-corrected chi connectivity index (χ1v) is 11.1. The molecule has 8 nitrogen and oxygen atoms in total. The highest BCUT2D eigenvalue weighted by atomic mass is 32.2. The Morgan fingerprint density at radius 3 is 2.52 bits per heavy atom. The van der Waals surface area contributed by atoms with E-state index in [1.807, 2.05) is 6.92 Å². The average Bonchev–Trinajstić information content (AvgIpc) is 3.17. The van der Waals surface area contributed by atoms with Crippen molar-refractivity contribution in [2.45, 2.75) is 50.2 Å². The largest absolute Gasteiger partial charge is 0.419 e. The van der Waals surface area contributed by atoms with Gasteiger partial charge in [-0.3, -0.25) is 4.98 Å². The molecule has 2 heterocycles. The van der Waals surface area contributed by atoms with E-state index in [0.29, 0.717) is 41.8 Å². The van der Waals surface area contributed by atoms with Crippen LogP contribution >= 0.6 is 0 Å². The fourth-order valence-corrected chi connectivity index (χ4v) is 3.81. The van der Waals surface area contributed by atoms with Gasteiger partial charge in [-0.25, -0.2) is 13.4 Å². The lowest BCUT2D eigenvalue weighted by molar-refractivity contribution is 0.492. The Kier molecular flexibility index (Phi) is 6.39. The molecule has 0 fully saturated rings. The summed E-state index contributed by atoms with van der Waals surface area (Å²) in [5.74, 6) is 0.863. The van der Waals surface area contributed by atoms with Gasteiger partial charge in [0.1, 0.15) is 5.69 Å². The molecule has 0 saturated carbocycles.